The maximum atomic E-state index is 14.3. The van der Waals surface area contributed by atoms with Crippen LogP contribution in [0.4, 0.5) is 18.9 Å². The average Bonchev–Trinajstić information content (AvgIpc) is 3.59. The number of carbonyl (C=O) groups is 1. The zero-order chi connectivity index (χ0) is 27.5. The highest BCUT2D eigenvalue weighted by Crippen LogP contribution is 2.48. The molecule has 1 saturated carbocycles. The van der Waals surface area contributed by atoms with Gasteiger partial charge in [0, 0.05) is 44.0 Å². The number of nitrogens with zero attached hydrogens (tertiary/aromatic N) is 6. The van der Waals surface area contributed by atoms with Crippen molar-refractivity contribution < 1.29 is 22.5 Å². The first-order valence-electron chi connectivity index (χ1n) is 13.3. The number of hydrogen-bond acceptors (Lipinski definition) is 5. The van der Waals surface area contributed by atoms with Crippen LogP contribution in [0.1, 0.15) is 44.1 Å². The molecule has 1 amide bonds. The first-order valence-corrected chi connectivity index (χ1v) is 13.3. The molecule has 1 saturated heterocycles. The summed E-state index contributed by atoms with van der Waals surface area (Å²) in [4.78, 5) is 16.8. The molecule has 0 bridgehead atoms. The van der Waals surface area contributed by atoms with E-state index in [1.54, 1.807) is 22.3 Å². The number of likely N-dealkylation sites (N-methyl/N-ethyl adjacent to an activating group) is 1. The van der Waals surface area contributed by atoms with Crippen molar-refractivity contribution >= 4 is 17.9 Å². The van der Waals surface area contributed by atoms with Crippen molar-refractivity contribution in [1.82, 2.24) is 9.80 Å². The SMILES string of the molecule is C=C1N2C=C([C@@H]3CCN(C(C)=O)C3)C=C(C(F)(F)F)C2=CN1c1cccc([C@H]([C]2N=NC=[N+]2C)C2CCC2)c1. The zero-order valence-electron chi connectivity index (χ0n) is 22.0. The van der Waals surface area contributed by atoms with E-state index in [1.807, 2.05) is 29.8 Å². The van der Waals surface area contributed by atoms with Crippen molar-refractivity contribution in [3.8, 4) is 0 Å². The fourth-order valence-electron chi connectivity index (χ4n) is 6.12. The average molecular weight is 537 g/mol. The number of benzene rings is 1. The smallest absolute Gasteiger partial charge is 0.342 e. The number of hydrogen-bond donors (Lipinski definition) is 0. The molecular weight excluding hydrogens is 505 g/mol. The van der Waals surface area contributed by atoms with Gasteiger partial charge in [-0.1, -0.05) is 25.1 Å². The van der Waals surface area contributed by atoms with Crippen molar-refractivity contribution in [2.45, 2.75) is 44.7 Å². The standard InChI is InChI=1S/C29H31F3N6O/c1-18-37(24-9-5-8-21(12-24)27(20-6-4-7-20)28-34-33-17-35(28)3)16-26-25(29(30,31)32)13-23(15-38(18)26)22-10-11-36(14-22)19(2)39/h5,8-9,12-13,15-17,20,22,27H,1,4,6-7,10-11,14H2,2-3H3/q+1/t22-,27-/m1/s1. The first-order chi connectivity index (χ1) is 18.6. The Morgan fingerprint density at radius 3 is 2.59 bits per heavy atom. The fraction of sp³-hybridized carbons (Fsp3) is 0.414. The van der Waals surface area contributed by atoms with Crippen LogP contribution in [-0.4, -0.2) is 52.9 Å². The molecule has 6 rings (SSSR count). The second-order valence-corrected chi connectivity index (χ2v) is 10.9. The molecular formula is C29H31F3N6O+. The van der Waals surface area contributed by atoms with E-state index in [0.29, 0.717) is 36.8 Å². The summed E-state index contributed by atoms with van der Waals surface area (Å²) in [6.45, 7) is 6.64. The maximum absolute atomic E-state index is 14.3. The molecule has 10 heteroatoms. The Labute approximate surface area is 226 Å². The lowest BCUT2D eigenvalue weighted by molar-refractivity contribution is -0.480. The molecule has 5 aliphatic rings. The van der Waals surface area contributed by atoms with Crippen molar-refractivity contribution in [3.05, 3.63) is 83.7 Å². The molecule has 1 aliphatic carbocycles. The topological polar surface area (TPSA) is 54.5 Å². The van der Waals surface area contributed by atoms with E-state index in [-0.39, 0.29) is 23.4 Å². The van der Waals surface area contributed by atoms with Gasteiger partial charge in [0.2, 0.25) is 5.91 Å². The van der Waals surface area contributed by atoms with E-state index in [1.165, 1.54) is 30.5 Å². The van der Waals surface area contributed by atoms with Gasteiger partial charge in [0.1, 0.15) is 5.82 Å². The molecule has 0 N–H and O–H groups in total. The summed E-state index contributed by atoms with van der Waals surface area (Å²) in [5, 5.41) is 8.48. The van der Waals surface area contributed by atoms with E-state index < -0.39 is 11.7 Å². The maximum Gasteiger partial charge on any atom is 0.418 e. The van der Waals surface area contributed by atoms with Crippen molar-refractivity contribution in [1.29, 1.82) is 0 Å². The zero-order valence-corrected chi connectivity index (χ0v) is 22.0. The van der Waals surface area contributed by atoms with E-state index >= 15 is 0 Å². The van der Waals surface area contributed by atoms with Crippen LogP contribution in [0.25, 0.3) is 0 Å². The molecule has 2 atom stereocenters. The molecule has 4 heterocycles. The van der Waals surface area contributed by atoms with Gasteiger partial charge in [-0.25, -0.2) is 4.58 Å². The highest BCUT2D eigenvalue weighted by molar-refractivity contribution is 5.73. The summed E-state index contributed by atoms with van der Waals surface area (Å²) in [6.07, 6.45) is 6.56. The Hall–Kier alpha value is -3.69. The predicted molar refractivity (Wildman–Crippen MR) is 141 cm³/mol. The minimum atomic E-state index is -4.54. The molecule has 0 aromatic heterocycles. The Bertz CT molecular complexity index is 1370. The second-order valence-electron chi connectivity index (χ2n) is 10.9. The van der Waals surface area contributed by atoms with Crippen LogP contribution in [-0.2, 0) is 4.79 Å². The summed E-state index contributed by atoms with van der Waals surface area (Å²) in [5.41, 5.74) is 1.71. The van der Waals surface area contributed by atoms with Crippen molar-refractivity contribution in [2.24, 2.45) is 22.1 Å². The lowest BCUT2D eigenvalue weighted by Crippen LogP contribution is -2.29. The van der Waals surface area contributed by atoms with Gasteiger partial charge >= 0.3 is 18.7 Å². The van der Waals surface area contributed by atoms with E-state index in [2.05, 4.69) is 22.9 Å². The fourth-order valence-corrected chi connectivity index (χ4v) is 6.12. The molecule has 39 heavy (non-hydrogen) atoms. The van der Waals surface area contributed by atoms with Gasteiger partial charge in [-0.05, 0) is 59.6 Å². The Kier molecular flexibility index (Phi) is 6.23. The molecule has 1 aromatic carbocycles. The summed E-state index contributed by atoms with van der Waals surface area (Å²) >= 11 is 0. The van der Waals surface area contributed by atoms with E-state index in [9.17, 15) is 18.0 Å². The minimum absolute atomic E-state index is 0.0481. The number of likely N-dealkylation sites (tertiary alicyclic amines) is 1. The van der Waals surface area contributed by atoms with Crippen LogP contribution in [0, 0.1) is 18.0 Å². The highest BCUT2D eigenvalue weighted by atomic mass is 19.4. The molecule has 4 aliphatic heterocycles. The van der Waals surface area contributed by atoms with Gasteiger partial charge in [0.15, 0.2) is 0 Å². The monoisotopic (exact) mass is 536 g/mol. The number of amides is 1. The number of carbonyl (C=O) groups excluding carboxylic acids is 1. The van der Waals surface area contributed by atoms with Crippen LogP contribution >= 0.6 is 0 Å². The molecule has 1 radical (unpaired) electrons. The van der Waals surface area contributed by atoms with Crippen LogP contribution in [0.3, 0.4) is 0 Å². The first kappa shape index (κ1) is 25.6. The van der Waals surface area contributed by atoms with Gasteiger partial charge in [0.05, 0.1) is 29.3 Å². The van der Waals surface area contributed by atoms with Gasteiger partial charge in [-0.2, -0.15) is 13.2 Å². The summed E-state index contributed by atoms with van der Waals surface area (Å²) in [6, 6.07) is 7.91. The number of azo groups is 1. The number of rotatable bonds is 5. The van der Waals surface area contributed by atoms with Crippen LogP contribution < -0.4 is 4.90 Å². The number of alkyl halides is 3. The number of fused-ring (bicyclic) bond motifs is 1. The minimum Gasteiger partial charge on any atom is -0.342 e. The van der Waals surface area contributed by atoms with E-state index in [4.69, 9.17) is 0 Å². The lowest BCUT2D eigenvalue weighted by atomic mass is 9.71. The van der Waals surface area contributed by atoms with Gasteiger partial charge in [0.25, 0.3) is 0 Å². The van der Waals surface area contributed by atoms with Gasteiger partial charge in [-0.3, -0.25) is 4.79 Å². The quantitative estimate of drug-likeness (QED) is 0.442. The van der Waals surface area contributed by atoms with Crippen LogP contribution in [0.5, 0.6) is 0 Å². The normalized spacial score (nSPS) is 24.4. The summed E-state index contributed by atoms with van der Waals surface area (Å²) in [5.74, 6) is 0.706. The van der Waals surface area contributed by atoms with Gasteiger partial charge in [-0.15, -0.1) is 0 Å². The largest absolute Gasteiger partial charge is 0.418 e. The van der Waals surface area contributed by atoms with Crippen molar-refractivity contribution in [2.75, 3.05) is 25.0 Å². The summed E-state index contributed by atoms with van der Waals surface area (Å²) < 4.78 is 44.9. The lowest BCUT2D eigenvalue weighted by Gasteiger charge is -2.34. The second kappa shape index (κ2) is 9.50. The molecule has 7 nitrogen and oxygen atoms in total. The number of allylic oxidation sites excluding steroid dienone is 2. The van der Waals surface area contributed by atoms with Crippen molar-refractivity contribution in [3.63, 3.8) is 0 Å². The summed E-state index contributed by atoms with van der Waals surface area (Å²) in [7, 11) is 1.93. The van der Waals surface area contributed by atoms with Crippen LogP contribution in [0.15, 0.2) is 82.2 Å². The highest BCUT2D eigenvalue weighted by Gasteiger charge is 2.45. The Morgan fingerprint density at radius 2 is 1.97 bits per heavy atom. The molecule has 0 unspecified atom stereocenters. The number of halogens is 3. The van der Waals surface area contributed by atoms with Crippen LogP contribution in [0.2, 0.25) is 0 Å². The predicted octanol–water partition coefficient (Wildman–Crippen LogP) is 5.89. The molecule has 203 valence electrons. The molecule has 1 aromatic rings. The molecule has 0 spiro atoms. The Morgan fingerprint density at radius 1 is 1.18 bits per heavy atom. The third kappa shape index (κ3) is 4.49. The van der Waals surface area contributed by atoms with E-state index in [0.717, 1.165) is 30.3 Å². The van der Waals surface area contributed by atoms with Gasteiger partial charge < -0.3 is 14.7 Å². The number of anilines is 1. The Balaban J connectivity index is 1.33. The third-order valence-electron chi connectivity index (χ3n) is 8.50. The third-order valence-corrected chi connectivity index (χ3v) is 8.50. The molecule has 2 fully saturated rings.